The van der Waals surface area contributed by atoms with Crippen LogP contribution in [0.15, 0.2) is 0 Å². The Morgan fingerprint density at radius 3 is 1.83 bits per heavy atom. The fourth-order valence-electron chi connectivity index (χ4n) is 2.79. The number of hydrogen-bond acceptors (Lipinski definition) is 6. The van der Waals surface area contributed by atoms with Crippen molar-refractivity contribution in [3.05, 3.63) is 0 Å². The van der Waals surface area contributed by atoms with Gasteiger partial charge in [0.25, 0.3) is 0 Å². The zero-order valence-electron chi connectivity index (χ0n) is 14.7. The van der Waals surface area contributed by atoms with E-state index in [0.717, 1.165) is 0 Å². The lowest BCUT2D eigenvalue weighted by Gasteiger charge is -2.48. The summed E-state index contributed by atoms with van der Waals surface area (Å²) in [5.41, 5.74) is -1.76. The number of rotatable bonds is 9. The number of methoxy groups -OCH3 is 1. The van der Waals surface area contributed by atoms with Crippen LogP contribution in [0.5, 0.6) is 0 Å². The SMILES string of the molecule is COCCOCCOCCC1C(=O)C(C)(C)N(Cl)C(C)(C)C1=O. The minimum absolute atomic E-state index is 0.156. The summed E-state index contributed by atoms with van der Waals surface area (Å²) in [6.45, 7) is 9.27. The molecule has 0 aromatic rings. The molecule has 1 rings (SSSR count). The Labute approximate surface area is 143 Å². The molecule has 0 radical (unpaired) electrons. The van der Waals surface area contributed by atoms with Crippen LogP contribution in [0.1, 0.15) is 34.1 Å². The van der Waals surface area contributed by atoms with Crippen LogP contribution in [0.3, 0.4) is 0 Å². The van der Waals surface area contributed by atoms with Gasteiger partial charge in [0.2, 0.25) is 0 Å². The lowest BCUT2D eigenvalue weighted by atomic mass is 9.72. The highest BCUT2D eigenvalue weighted by atomic mass is 35.5. The normalized spacial score (nSPS) is 21.8. The van der Waals surface area contributed by atoms with Crippen LogP contribution in [0.25, 0.3) is 0 Å². The highest BCUT2D eigenvalue weighted by Crippen LogP contribution is 2.39. The average Bonchev–Trinajstić information content (AvgIpc) is 2.50. The van der Waals surface area contributed by atoms with Crippen LogP contribution in [-0.2, 0) is 23.8 Å². The molecule has 0 unspecified atom stereocenters. The predicted molar refractivity (Wildman–Crippen MR) is 87.5 cm³/mol. The van der Waals surface area contributed by atoms with Crippen LogP contribution in [0.2, 0.25) is 0 Å². The number of carbonyl (C=O) groups excluding carboxylic acids is 2. The number of ether oxygens (including phenoxy) is 3. The maximum absolute atomic E-state index is 12.6. The van der Waals surface area contributed by atoms with E-state index in [1.54, 1.807) is 34.8 Å². The molecule has 1 aliphatic rings. The quantitative estimate of drug-likeness (QED) is 0.359. The topological polar surface area (TPSA) is 65.1 Å². The van der Waals surface area contributed by atoms with Gasteiger partial charge >= 0.3 is 0 Å². The highest BCUT2D eigenvalue weighted by Gasteiger charge is 2.56. The summed E-state index contributed by atoms with van der Waals surface area (Å²) in [6, 6.07) is 0. The molecule has 0 bridgehead atoms. The fraction of sp³-hybridized carbons (Fsp3) is 0.875. The first-order valence-corrected chi connectivity index (χ1v) is 8.20. The first-order valence-electron chi connectivity index (χ1n) is 7.86. The molecule has 6 nitrogen and oxygen atoms in total. The van der Waals surface area contributed by atoms with Crippen molar-refractivity contribution in [2.75, 3.05) is 40.1 Å². The Hall–Kier alpha value is -0.530. The minimum Gasteiger partial charge on any atom is -0.382 e. The van der Waals surface area contributed by atoms with Crippen molar-refractivity contribution in [2.45, 2.75) is 45.2 Å². The summed E-state index contributed by atoms with van der Waals surface area (Å²) < 4.78 is 16.9. The zero-order valence-corrected chi connectivity index (χ0v) is 15.4. The number of Topliss-reactive ketones (excluding diaryl/α,β-unsaturated/α-hetero) is 2. The van der Waals surface area contributed by atoms with Crippen LogP contribution >= 0.6 is 11.8 Å². The summed E-state index contributed by atoms with van der Waals surface area (Å²) >= 11 is 6.23. The third-order valence-electron chi connectivity index (χ3n) is 4.18. The molecular weight excluding hydrogens is 322 g/mol. The summed E-state index contributed by atoms with van der Waals surface area (Å²) in [7, 11) is 1.61. The van der Waals surface area contributed by atoms with Gasteiger partial charge in [-0.15, -0.1) is 0 Å². The molecular formula is C16H28ClNO5. The van der Waals surface area contributed by atoms with Crippen molar-refractivity contribution < 1.29 is 23.8 Å². The maximum Gasteiger partial charge on any atom is 0.164 e. The molecule has 1 saturated heterocycles. The van der Waals surface area contributed by atoms with Crippen molar-refractivity contribution in [2.24, 2.45) is 5.92 Å². The van der Waals surface area contributed by atoms with Gasteiger partial charge in [0.05, 0.1) is 43.4 Å². The van der Waals surface area contributed by atoms with Gasteiger partial charge in [0, 0.05) is 13.7 Å². The molecule has 7 heteroatoms. The molecule has 0 aliphatic carbocycles. The van der Waals surface area contributed by atoms with Gasteiger partial charge in [-0.25, -0.2) is 0 Å². The van der Waals surface area contributed by atoms with Gasteiger partial charge < -0.3 is 14.2 Å². The van der Waals surface area contributed by atoms with Crippen LogP contribution in [0.4, 0.5) is 0 Å². The minimum atomic E-state index is -0.882. The molecule has 1 heterocycles. The van der Waals surface area contributed by atoms with Gasteiger partial charge in [0.1, 0.15) is 0 Å². The number of ketones is 2. The zero-order chi connectivity index (χ0) is 17.7. The molecule has 1 aliphatic heterocycles. The third kappa shape index (κ3) is 4.73. The molecule has 0 N–H and O–H groups in total. The maximum atomic E-state index is 12.6. The summed E-state index contributed by atoms with van der Waals surface area (Å²) in [5, 5.41) is 0. The fourth-order valence-corrected chi connectivity index (χ4v) is 2.96. The van der Waals surface area contributed by atoms with E-state index in [-0.39, 0.29) is 11.6 Å². The highest BCUT2D eigenvalue weighted by molar-refractivity contribution is 6.23. The average molecular weight is 350 g/mol. The standard InChI is InChI=1S/C16H28ClNO5/c1-15(2)13(19)12(14(20)16(3,4)18(15)17)6-7-22-10-11-23-9-8-21-5/h12H,6-11H2,1-5H3. The van der Waals surface area contributed by atoms with Crippen molar-refractivity contribution in [1.82, 2.24) is 4.42 Å². The first kappa shape index (κ1) is 20.5. The second kappa shape index (κ2) is 8.53. The molecule has 0 saturated carbocycles. The van der Waals surface area contributed by atoms with Gasteiger partial charge in [-0.05, 0) is 45.9 Å². The van der Waals surface area contributed by atoms with E-state index in [2.05, 4.69) is 0 Å². The van der Waals surface area contributed by atoms with E-state index in [0.29, 0.717) is 39.5 Å². The summed E-state index contributed by atoms with van der Waals surface area (Å²) in [5.74, 6) is -0.988. The second-order valence-corrected chi connectivity index (χ2v) is 7.02. The Kier molecular flexibility index (Phi) is 7.61. The Balaban J connectivity index is 2.46. The molecule has 0 amide bonds. The van der Waals surface area contributed by atoms with Crippen molar-refractivity contribution in [3.8, 4) is 0 Å². The Bertz CT molecular complexity index is 397. The largest absolute Gasteiger partial charge is 0.382 e. The Morgan fingerprint density at radius 1 is 0.913 bits per heavy atom. The molecule has 0 aromatic heterocycles. The van der Waals surface area contributed by atoms with Crippen molar-refractivity contribution >= 4 is 23.3 Å². The number of nitrogens with zero attached hydrogens (tertiary/aromatic N) is 1. The Morgan fingerprint density at radius 2 is 1.35 bits per heavy atom. The molecule has 134 valence electrons. The third-order valence-corrected chi connectivity index (χ3v) is 5.02. The summed E-state index contributed by atoms with van der Waals surface area (Å²) in [4.78, 5) is 25.1. The van der Waals surface area contributed by atoms with Gasteiger partial charge in [-0.1, -0.05) is 0 Å². The van der Waals surface area contributed by atoms with E-state index < -0.39 is 17.0 Å². The van der Waals surface area contributed by atoms with Gasteiger partial charge in [-0.2, -0.15) is 4.42 Å². The van der Waals surface area contributed by atoms with E-state index >= 15 is 0 Å². The summed E-state index contributed by atoms with van der Waals surface area (Å²) in [6.07, 6.45) is 0.368. The predicted octanol–water partition coefficient (Wildman–Crippen LogP) is 1.84. The van der Waals surface area contributed by atoms with Crippen LogP contribution < -0.4 is 0 Å². The van der Waals surface area contributed by atoms with Gasteiger partial charge in [-0.3, -0.25) is 9.59 Å². The van der Waals surface area contributed by atoms with E-state index in [9.17, 15) is 9.59 Å². The monoisotopic (exact) mass is 349 g/mol. The second-order valence-electron chi connectivity index (χ2n) is 6.69. The molecule has 0 aromatic carbocycles. The number of hydrogen-bond donors (Lipinski definition) is 0. The van der Waals surface area contributed by atoms with Crippen LogP contribution in [0, 0.1) is 5.92 Å². The van der Waals surface area contributed by atoms with Crippen LogP contribution in [-0.4, -0.2) is 67.2 Å². The molecule has 0 spiro atoms. The van der Waals surface area contributed by atoms with E-state index in [1.807, 2.05) is 0 Å². The van der Waals surface area contributed by atoms with E-state index in [4.69, 9.17) is 26.0 Å². The van der Waals surface area contributed by atoms with Crippen molar-refractivity contribution in [1.29, 1.82) is 0 Å². The van der Waals surface area contributed by atoms with Gasteiger partial charge in [0.15, 0.2) is 11.6 Å². The lowest BCUT2D eigenvalue weighted by molar-refractivity contribution is -0.153. The number of piperidine rings is 1. The lowest BCUT2D eigenvalue weighted by Crippen LogP contribution is -2.66. The smallest absolute Gasteiger partial charge is 0.164 e. The molecule has 23 heavy (non-hydrogen) atoms. The number of halogens is 1. The van der Waals surface area contributed by atoms with Crippen molar-refractivity contribution in [3.63, 3.8) is 0 Å². The number of carbonyl (C=O) groups is 2. The van der Waals surface area contributed by atoms with E-state index in [1.165, 1.54) is 4.42 Å². The molecule has 1 fully saturated rings. The first-order chi connectivity index (χ1) is 10.7. The molecule has 0 atom stereocenters.